The third-order valence-corrected chi connectivity index (χ3v) is 8.12. The van der Waals surface area contributed by atoms with Gasteiger partial charge in [-0.25, -0.2) is 23.3 Å². The minimum absolute atomic E-state index is 0.0111. The van der Waals surface area contributed by atoms with Crippen LogP contribution in [0, 0.1) is 5.92 Å². The molecule has 4 aromatic rings. The molecule has 220 valence electrons. The fourth-order valence-corrected chi connectivity index (χ4v) is 5.73. The van der Waals surface area contributed by atoms with Gasteiger partial charge in [-0.1, -0.05) is 31.4 Å². The largest absolute Gasteiger partial charge is 0.493 e. The summed E-state index contributed by atoms with van der Waals surface area (Å²) in [5.41, 5.74) is 2.12. The lowest BCUT2D eigenvalue weighted by molar-refractivity contribution is 0.0696. The molecule has 2 heterocycles. The summed E-state index contributed by atoms with van der Waals surface area (Å²) in [4.78, 5) is 24.4. The second-order valence-corrected chi connectivity index (χ2v) is 11.6. The van der Waals surface area contributed by atoms with Crippen LogP contribution in [0.2, 0.25) is 0 Å². The number of sulfonamides is 1. The molecular weight excluding hydrogens is 562 g/mol. The molecule has 0 aliphatic heterocycles. The van der Waals surface area contributed by atoms with Crippen molar-refractivity contribution in [3.05, 3.63) is 54.4 Å². The SMILES string of the molecule is COc1ncc(-c2ccc3c(Nc4cc(OCC5CCCCC5)cc(C(=O)O)c4)c(S(N)(=O)=O)cnc3c2)c(OC)n1. The Labute approximate surface area is 242 Å². The number of primary sulfonamides is 1. The lowest BCUT2D eigenvalue weighted by atomic mass is 9.90. The van der Waals surface area contributed by atoms with Crippen LogP contribution in [0.4, 0.5) is 11.4 Å². The van der Waals surface area contributed by atoms with E-state index in [-0.39, 0.29) is 28.0 Å². The highest BCUT2D eigenvalue weighted by atomic mass is 32.2. The number of aromatic nitrogens is 3. The zero-order chi connectivity index (χ0) is 29.9. The highest BCUT2D eigenvalue weighted by Crippen LogP contribution is 2.37. The number of benzene rings is 2. The van der Waals surface area contributed by atoms with Gasteiger partial charge in [0.05, 0.1) is 43.2 Å². The number of fused-ring (bicyclic) bond motifs is 1. The number of methoxy groups -OCH3 is 2. The lowest BCUT2D eigenvalue weighted by Crippen LogP contribution is -2.16. The van der Waals surface area contributed by atoms with Gasteiger partial charge in [-0.15, -0.1) is 0 Å². The number of nitrogens with zero attached hydrogens (tertiary/aromatic N) is 3. The van der Waals surface area contributed by atoms with E-state index in [2.05, 4.69) is 20.3 Å². The fourth-order valence-electron chi connectivity index (χ4n) is 5.08. The Morgan fingerprint density at radius 1 is 1.05 bits per heavy atom. The Balaban J connectivity index is 1.55. The molecule has 0 saturated heterocycles. The van der Waals surface area contributed by atoms with E-state index in [1.165, 1.54) is 32.8 Å². The molecule has 0 bridgehead atoms. The number of nitrogens with two attached hydrogens (primary N) is 1. The van der Waals surface area contributed by atoms with Gasteiger partial charge in [0, 0.05) is 29.5 Å². The first-order valence-corrected chi connectivity index (χ1v) is 14.9. The van der Waals surface area contributed by atoms with Gasteiger partial charge in [0.2, 0.25) is 15.9 Å². The molecule has 5 rings (SSSR count). The third kappa shape index (κ3) is 6.37. The Hall–Kier alpha value is -4.49. The minimum Gasteiger partial charge on any atom is -0.493 e. The molecule has 0 spiro atoms. The number of aromatic carboxylic acids is 1. The average Bonchev–Trinajstić information content (AvgIpc) is 2.99. The zero-order valence-corrected chi connectivity index (χ0v) is 24.0. The number of nitrogens with one attached hydrogen (secondary N) is 1. The fraction of sp³-hybridized carbons (Fsp3) is 0.310. The van der Waals surface area contributed by atoms with Crippen molar-refractivity contribution in [3.8, 4) is 28.8 Å². The summed E-state index contributed by atoms with van der Waals surface area (Å²) in [6.07, 6.45) is 8.38. The predicted octanol–water partition coefficient (Wildman–Crippen LogP) is 4.76. The number of hydrogen-bond donors (Lipinski definition) is 3. The standard InChI is InChI=1S/C29H31N5O7S/c1-39-27-23(14-32-29(34-27)40-2)18-8-9-22-24(12-18)31-15-25(42(30,37)38)26(22)33-20-10-19(28(35)36)11-21(13-20)41-16-17-6-4-3-5-7-17/h8-15,17H,3-7,16H2,1-2H3,(H,31,33)(H,35,36)(H2,30,37,38). The van der Waals surface area contributed by atoms with Gasteiger partial charge >= 0.3 is 12.0 Å². The first kappa shape index (κ1) is 29.0. The molecular formula is C29H31N5O7S. The van der Waals surface area contributed by atoms with Crippen LogP contribution in [-0.4, -0.2) is 55.3 Å². The van der Waals surface area contributed by atoms with Crippen molar-refractivity contribution in [2.45, 2.75) is 37.0 Å². The van der Waals surface area contributed by atoms with E-state index in [9.17, 15) is 18.3 Å². The Kier molecular flexibility index (Phi) is 8.41. The number of carbonyl (C=O) groups is 1. The summed E-state index contributed by atoms with van der Waals surface area (Å²) in [5.74, 6) is -0.0854. The summed E-state index contributed by atoms with van der Waals surface area (Å²) < 4.78 is 41.6. The Morgan fingerprint density at radius 2 is 1.83 bits per heavy atom. The molecule has 42 heavy (non-hydrogen) atoms. The summed E-state index contributed by atoms with van der Waals surface area (Å²) in [5, 5.41) is 18.8. The van der Waals surface area contributed by atoms with Crippen molar-refractivity contribution >= 4 is 38.3 Å². The van der Waals surface area contributed by atoms with E-state index in [0.717, 1.165) is 31.9 Å². The number of carboxylic acid groups (broad SMARTS) is 1. The van der Waals surface area contributed by atoms with Gasteiger partial charge in [-0.05, 0) is 42.5 Å². The highest BCUT2D eigenvalue weighted by Gasteiger charge is 2.21. The van der Waals surface area contributed by atoms with Crippen molar-refractivity contribution in [3.63, 3.8) is 0 Å². The van der Waals surface area contributed by atoms with Crippen LogP contribution in [0.1, 0.15) is 42.5 Å². The number of rotatable bonds is 10. The first-order valence-electron chi connectivity index (χ1n) is 13.4. The van der Waals surface area contributed by atoms with Crippen LogP contribution in [0.3, 0.4) is 0 Å². The number of pyridine rings is 1. The van der Waals surface area contributed by atoms with Gasteiger partial charge < -0.3 is 24.6 Å². The number of carboxylic acids is 1. The molecule has 13 heteroatoms. The highest BCUT2D eigenvalue weighted by molar-refractivity contribution is 7.89. The van der Waals surface area contributed by atoms with E-state index < -0.39 is 16.0 Å². The van der Waals surface area contributed by atoms with Gasteiger partial charge in [0.25, 0.3) is 0 Å². The summed E-state index contributed by atoms with van der Waals surface area (Å²) in [7, 11) is -1.29. The predicted molar refractivity (Wildman–Crippen MR) is 156 cm³/mol. The maximum Gasteiger partial charge on any atom is 0.335 e. The normalized spacial score (nSPS) is 14.0. The number of ether oxygens (including phenoxy) is 3. The van der Waals surface area contributed by atoms with Crippen LogP contribution in [0.15, 0.2) is 53.7 Å². The first-order chi connectivity index (χ1) is 20.2. The molecule has 2 aromatic carbocycles. The van der Waals surface area contributed by atoms with Gasteiger partial charge in [0.15, 0.2) is 0 Å². The van der Waals surface area contributed by atoms with E-state index in [4.69, 9.17) is 19.3 Å². The molecule has 12 nitrogen and oxygen atoms in total. The second-order valence-electron chi connectivity index (χ2n) is 10.0. The van der Waals surface area contributed by atoms with Crippen LogP contribution < -0.4 is 24.7 Å². The smallest absolute Gasteiger partial charge is 0.335 e. The van der Waals surface area contributed by atoms with Gasteiger partial charge in [-0.3, -0.25) is 4.98 Å². The van der Waals surface area contributed by atoms with Crippen LogP contribution >= 0.6 is 0 Å². The van der Waals surface area contributed by atoms with E-state index >= 15 is 0 Å². The minimum atomic E-state index is -4.21. The number of anilines is 2. The molecule has 4 N–H and O–H groups in total. The maximum atomic E-state index is 12.6. The van der Waals surface area contributed by atoms with E-state index in [0.29, 0.717) is 46.0 Å². The van der Waals surface area contributed by atoms with E-state index in [1.807, 2.05) is 0 Å². The molecule has 1 aliphatic carbocycles. The lowest BCUT2D eigenvalue weighted by Gasteiger charge is -2.22. The third-order valence-electron chi connectivity index (χ3n) is 7.19. The van der Waals surface area contributed by atoms with E-state index in [1.54, 1.807) is 30.5 Å². The van der Waals surface area contributed by atoms with Crippen LogP contribution in [-0.2, 0) is 10.0 Å². The topological polar surface area (TPSA) is 176 Å². The molecule has 0 unspecified atom stereocenters. The van der Waals surface area contributed by atoms with Gasteiger partial charge in [0.1, 0.15) is 10.6 Å². The summed E-state index contributed by atoms with van der Waals surface area (Å²) in [6, 6.07) is 9.79. The Morgan fingerprint density at radius 3 is 2.52 bits per heavy atom. The quantitative estimate of drug-likeness (QED) is 0.231. The second kappa shape index (κ2) is 12.2. The zero-order valence-electron chi connectivity index (χ0n) is 23.2. The molecule has 1 fully saturated rings. The Bertz CT molecular complexity index is 1740. The van der Waals surface area contributed by atoms with Crippen molar-refractivity contribution in [1.82, 2.24) is 15.0 Å². The summed E-state index contributed by atoms with van der Waals surface area (Å²) in [6.45, 7) is 0.477. The van der Waals surface area contributed by atoms with Crippen molar-refractivity contribution in [1.29, 1.82) is 0 Å². The van der Waals surface area contributed by atoms with Gasteiger partial charge in [-0.2, -0.15) is 4.98 Å². The number of hydrogen-bond acceptors (Lipinski definition) is 10. The van der Waals surface area contributed by atoms with Crippen LogP contribution in [0.5, 0.6) is 17.6 Å². The average molecular weight is 594 g/mol. The molecule has 2 aromatic heterocycles. The summed E-state index contributed by atoms with van der Waals surface area (Å²) >= 11 is 0. The van der Waals surface area contributed by atoms with Crippen molar-refractivity contribution in [2.75, 3.05) is 26.1 Å². The van der Waals surface area contributed by atoms with Crippen molar-refractivity contribution < 1.29 is 32.5 Å². The van der Waals surface area contributed by atoms with Crippen molar-refractivity contribution in [2.24, 2.45) is 11.1 Å². The van der Waals surface area contributed by atoms with Crippen LogP contribution in [0.25, 0.3) is 22.0 Å². The molecule has 1 saturated carbocycles. The maximum absolute atomic E-state index is 12.6. The molecule has 0 radical (unpaired) electrons. The molecule has 1 aliphatic rings. The monoisotopic (exact) mass is 593 g/mol. The molecule has 0 atom stereocenters. The molecule has 0 amide bonds.